The van der Waals surface area contributed by atoms with Crippen LogP contribution in [-0.4, -0.2) is 53.1 Å². The summed E-state index contributed by atoms with van der Waals surface area (Å²) < 4.78 is 32.1. The molecule has 0 radical (unpaired) electrons. The van der Waals surface area contributed by atoms with Gasteiger partial charge in [-0.1, -0.05) is 127 Å². The summed E-state index contributed by atoms with van der Waals surface area (Å²) in [7, 11) is -4.44. The summed E-state index contributed by atoms with van der Waals surface area (Å²) in [6.07, 6.45) is 27.9. The quantitative estimate of drug-likeness (QED) is 0.0514. The summed E-state index contributed by atoms with van der Waals surface area (Å²) in [6, 6.07) is -1.25. The fourth-order valence-electron chi connectivity index (χ4n) is 4.32. The Morgan fingerprint density at radius 1 is 0.718 bits per heavy atom. The maximum absolute atomic E-state index is 12.4. The lowest BCUT2D eigenvalue weighted by Crippen LogP contribution is -2.50. The maximum Gasteiger partial charge on any atom is 0.267 e. The van der Waals surface area contributed by atoms with Crippen LogP contribution in [0.3, 0.4) is 0 Å². The molecule has 39 heavy (non-hydrogen) atoms. The Morgan fingerprint density at radius 2 is 1.18 bits per heavy atom. The fraction of sp³-hybridized carbons (Fsp3) is 0.774. The van der Waals surface area contributed by atoms with Crippen LogP contribution in [0.2, 0.25) is 0 Å². The van der Waals surface area contributed by atoms with Gasteiger partial charge in [0.15, 0.2) is 0 Å². The van der Waals surface area contributed by atoms with E-state index in [0.29, 0.717) is 12.8 Å². The van der Waals surface area contributed by atoms with Gasteiger partial charge in [-0.25, -0.2) is 0 Å². The molecule has 3 atom stereocenters. The van der Waals surface area contributed by atoms with Gasteiger partial charge >= 0.3 is 0 Å². The van der Waals surface area contributed by atoms with E-state index in [2.05, 4.69) is 43.5 Å². The van der Waals surface area contributed by atoms with Gasteiger partial charge in [-0.2, -0.15) is 8.42 Å². The van der Waals surface area contributed by atoms with Gasteiger partial charge in [-0.3, -0.25) is 9.35 Å². The molecule has 0 saturated heterocycles. The summed E-state index contributed by atoms with van der Waals surface area (Å²) >= 11 is 0. The monoisotopic (exact) mass is 571 g/mol. The molecule has 8 heteroatoms. The largest absolute Gasteiger partial charge is 0.387 e. The Balaban J connectivity index is 4.30. The van der Waals surface area contributed by atoms with Crippen LogP contribution in [0.4, 0.5) is 0 Å². The van der Waals surface area contributed by atoms with Gasteiger partial charge in [-0.15, -0.1) is 0 Å². The normalized spacial score (nSPS) is 14.9. The molecule has 0 aliphatic rings. The van der Waals surface area contributed by atoms with Gasteiger partial charge in [0, 0.05) is 0 Å². The average molecular weight is 572 g/mol. The highest BCUT2D eigenvalue weighted by Crippen LogP contribution is 2.13. The number of hydrogen-bond donors (Lipinski definition) is 4. The molecule has 1 amide bonds. The minimum atomic E-state index is -4.44. The first kappa shape index (κ1) is 37.5. The Labute approximate surface area is 239 Å². The van der Waals surface area contributed by atoms with Crippen molar-refractivity contribution in [3.8, 4) is 0 Å². The number of hydrogen-bond acceptors (Lipinski definition) is 5. The second-order valence-corrected chi connectivity index (χ2v) is 12.0. The molecule has 0 aromatic rings. The van der Waals surface area contributed by atoms with Crippen LogP contribution in [-0.2, 0) is 14.9 Å². The molecule has 0 aromatic carbocycles. The van der Waals surface area contributed by atoms with E-state index < -0.39 is 40.0 Å². The summed E-state index contributed by atoms with van der Waals surface area (Å²) in [5, 5.41) is 23.1. The molecule has 0 aliphatic heterocycles. The lowest BCUT2D eigenvalue weighted by Gasteiger charge is -2.22. The Morgan fingerprint density at radius 3 is 1.67 bits per heavy atom. The van der Waals surface area contributed by atoms with E-state index in [0.717, 1.165) is 44.9 Å². The molecule has 0 fully saturated rings. The van der Waals surface area contributed by atoms with Crippen molar-refractivity contribution in [2.75, 3.05) is 5.75 Å². The Bertz CT molecular complexity index is 778. The molecule has 0 saturated carbocycles. The lowest BCUT2D eigenvalue weighted by molar-refractivity contribution is -0.130. The van der Waals surface area contributed by atoms with Gasteiger partial charge in [0.2, 0.25) is 5.91 Å². The van der Waals surface area contributed by atoms with E-state index in [1.807, 2.05) is 0 Å². The molecule has 0 spiro atoms. The first-order chi connectivity index (χ1) is 18.7. The number of amides is 1. The number of rotatable bonds is 26. The zero-order chi connectivity index (χ0) is 29.2. The molecule has 0 bridgehead atoms. The van der Waals surface area contributed by atoms with Crippen LogP contribution < -0.4 is 5.32 Å². The van der Waals surface area contributed by atoms with Crippen molar-refractivity contribution in [2.24, 2.45) is 0 Å². The third-order valence-electron chi connectivity index (χ3n) is 6.67. The van der Waals surface area contributed by atoms with Gasteiger partial charge < -0.3 is 15.5 Å². The molecule has 228 valence electrons. The van der Waals surface area contributed by atoms with Crippen LogP contribution in [0.1, 0.15) is 129 Å². The van der Waals surface area contributed by atoms with Gasteiger partial charge in [-0.05, 0) is 38.5 Å². The predicted molar refractivity (Wildman–Crippen MR) is 162 cm³/mol. The van der Waals surface area contributed by atoms with Crippen molar-refractivity contribution < 1.29 is 28.0 Å². The molecule has 7 nitrogen and oxygen atoms in total. The first-order valence-electron chi connectivity index (χ1n) is 15.3. The van der Waals surface area contributed by atoms with E-state index in [-0.39, 0.29) is 6.42 Å². The molecule has 0 aliphatic carbocycles. The number of aliphatic hydroxyl groups excluding tert-OH is 2. The predicted octanol–water partition coefficient (Wildman–Crippen LogP) is 6.81. The van der Waals surface area contributed by atoms with E-state index in [4.69, 9.17) is 0 Å². The summed E-state index contributed by atoms with van der Waals surface area (Å²) in [5.74, 6) is -1.57. The summed E-state index contributed by atoms with van der Waals surface area (Å²) in [4.78, 5) is 12.4. The standard InChI is InChI=1S/C31H57NO6S/c1-3-5-7-9-11-13-15-16-18-20-22-24-26-30(34)31(35)32-28(27-39(36,37)38)29(33)25-23-21-19-17-14-12-10-8-6-4-2/h6,8,14,17,23,25,28-30,33-34H,3-5,7,9-13,15-16,18-22,24,26-27H2,1-2H3,(H,32,35)(H,36,37,38)/b8-6+,17-14+,25-23+. The van der Waals surface area contributed by atoms with E-state index in [9.17, 15) is 28.0 Å². The first-order valence-corrected chi connectivity index (χ1v) is 16.9. The SMILES string of the molecule is CC/C=C/CC/C=C/CC/C=C/C(O)C(CS(=O)(=O)O)NC(=O)C(O)CCCCCCCCCCCCCC. The van der Waals surface area contributed by atoms with Crippen LogP contribution in [0, 0.1) is 0 Å². The van der Waals surface area contributed by atoms with Gasteiger partial charge in [0.25, 0.3) is 10.1 Å². The zero-order valence-electron chi connectivity index (χ0n) is 24.6. The van der Waals surface area contributed by atoms with Crippen LogP contribution in [0.25, 0.3) is 0 Å². The molecular weight excluding hydrogens is 514 g/mol. The zero-order valence-corrected chi connectivity index (χ0v) is 25.4. The topological polar surface area (TPSA) is 124 Å². The lowest BCUT2D eigenvalue weighted by atomic mass is 10.0. The van der Waals surface area contributed by atoms with Crippen molar-refractivity contribution in [3.63, 3.8) is 0 Å². The number of nitrogens with one attached hydrogen (secondary N) is 1. The number of allylic oxidation sites excluding steroid dienone is 5. The number of aliphatic hydroxyl groups is 2. The number of carbonyl (C=O) groups excluding carboxylic acids is 1. The van der Waals surface area contributed by atoms with Gasteiger partial charge in [0.1, 0.15) is 6.10 Å². The number of unbranched alkanes of at least 4 members (excludes halogenated alkanes) is 13. The highest BCUT2D eigenvalue weighted by molar-refractivity contribution is 7.85. The highest BCUT2D eigenvalue weighted by Gasteiger charge is 2.27. The molecule has 0 heterocycles. The third-order valence-corrected chi connectivity index (χ3v) is 7.45. The van der Waals surface area contributed by atoms with Crippen molar-refractivity contribution in [3.05, 3.63) is 36.5 Å². The summed E-state index contributed by atoms with van der Waals surface area (Å²) in [5.41, 5.74) is 0. The van der Waals surface area contributed by atoms with E-state index in [1.54, 1.807) is 6.08 Å². The highest BCUT2D eigenvalue weighted by atomic mass is 32.2. The van der Waals surface area contributed by atoms with Crippen LogP contribution in [0.15, 0.2) is 36.5 Å². The van der Waals surface area contributed by atoms with Crippen molar-refractivity contribution >= 4 is 16.0 Å². The number of carbonyl (C=O) groups is 1. The molecule has 0 aromatic heterocycles. The molecule has 0 rings (SSSR count). The van der Waals surface area contributed by atoms with Crippen LogP contribution >= 0.6 is 0 Å². The minimum absolute atomic E-state index is 0.272. The maximum atomic E-state index is 12.4. The molecular formula is C31H57NO6S. The second-order valence-electron chi connectivity index (χ2n) is 10.5. The van der Waals surface area contributed by atoms with Crippen molar-refractivity contribution in [1.29, 1.82) is 0 Å². The van der Waals surface area contributed by atoms with E-state index >= 15 is 0 Å². The van der Waals surface area contributed by atoms with Crippen molar-refractivity contribution in [2.45, 2.75) is 148 Å². The van der Waals surface area contributed by atoms with E-state index in [1.165, 1.54) is 57.4 Å². The Kier molecular flexibility index (Phi) is 24.5. The van der Waals surface area contributed by atoms with Crippen molar-refractivity contribution in [1.82, 2.24) is 5.32 Å². The molecule has 3 unspecified atom stereocenters. The smallest absolute Gasteiger partial charge is 0.267 e. The fourth-order valence-corrected chi connectivity index (χ4v) is 5.05. The Hall–Kier alpha value is -1.48. The molecule has 4 N–H and O–H groups in total. The average Bonchev–Trinajstić information content (AvgIpc) is 2.88. The minimum Gasteiger partial charge on any atom is -0.387 e. The third kappa shape index (κ3) is 25.2. The van der Waals surface area contributed by atoms with Crippen LogP contribution in [0.5, 0.6) is 0 Å². The second kappa shape index (κ2) is 25.5. The van der Waals surface area contributed by atoms with Gasteiger partial charge in [0.05, 0.1) is 17.9 Å². The summed E-state index contributed by atoms with van der Waals surface area (Å²) in [6.45, 7) is 4.33.